The molecular weight excluding hydrogens is 292 g/mol. The first-order chi connectivity index (χ1) is 11.4. The van der Waals surface area contributed by atoms with E-state index in [1.54, 1.807) is 0 Å². The van der Waals surface area contributed by atoms with Crippen LogP contribution >= 0.6 is 0 Å². The molecular formula is C19H32O4. The third kappa shape index (κ3) is 13.2. The van der Waals surface area contributed by atoms with Gasteiger partial charge in [0.25, 0.3) is 0 Å². The van der Waals surface area contributed by atoms with E-state index in [1.165, 1.54) is 5.56 Å². The molecule has 0 amide bonds. The summed E-state index contributed by atoms with van der Waals surface area (Å²) in [4.78, 5) is 0. The number of aliphatic hydroxyl groups is 1. The van der Waals surface area contributed by atoms with Gasteiger partial charge >= 0.3 is 0 Å². The van der Waals surface area contributed by atoms with Crippen molar-refractivity contribution in [2.75, 3.05) is 39.6 Å². The molecule has 0 atom stereocenters. The van der Waals surface area contributed by atoms with Crippen molar-refractivity contribution in [2.24, 2.45) is 0 Å². The molecule has 0 heterocycles. The predicted octanol–water partition coefficient (Wildman–Crippen LogP) is 3.57. The summed E-state index contributed by atoms with van der Waals surface area (Å²) < 4.78 is 16.7. The minimum atomic E-state index is 0.258. The molecule has 1 rings (SSSR count). The van der Waals surface area contributed by atoms with Gasteiger partial charge < -0.3 is 19.3 Å². The maximum Gasteiger partial charge on any atom is 0.0716 e. The summed E-state index contributed by atoms with van der Waals surface area (Å²) in [5, 5.41) is 8.63. The van der Waals surface area contributed by atoms with Gasteiger partial charge in [0.15, 0.2) is 0 Å². The molecule has 23 heavy (non-hydrogen) atoms. The Bertz CT molecular complexity index is 342. The predicted molar refractivity (Wildman–Crippen MR) is 92.5 cm³/mol. The third-order valence-electron chi connectivity index (χ3n) is 3.46. The van der Waals surface area contributed by atoms with Crippen LogP contribution in [0.2, 0.25) is 0 Å². The Kier molecular flexibility index (Phi) is 13.9. The Hall–Kier alpha value is -0.940. The molecule has 0 aliphatic heterocycles. The lowest BCUT2D eigenvalue weighted by molar-refractivity contribution is 0.0856. The van der Waals surface area contributed by atoms with E-state index in [2.05, 4.69) is 12.1 Å². The second-order valence-corrected chi connectivity index (χ2v) is 5.61. The zero-order valence-electron chi connectivity index (χ0n) is 14.3. The van der Waals surface area contributed by atoms with Crippen molar-refractivity contribution in [3.63, 3.8) is 0 Å². The fourth-order valence-corrected chi connectivity index (χ4v) is 2.10. The Balaban J connectivity index is 1.72. The minimum absolute atomic E-state index is 0.258. The molecule has 0 bridgehead atoms. The standard InChI is InChI=1S/C19H32O4/c20-12-4-5-13-21-14-6-7-15-22-16-8-9-17-23-18-19-10-2-1-3-11-19/h1-3,10-11,20H,4-9,12-18H2. The van der Waals surface area contributed by atoms with Crippen LogP contribution in [-0.2, 0) is 20.8 Å². The molecule has 1 N–H and O–H groups in total. The Morgan fingerprint density at radius 2 is 1.09 bits per heavy atom. The van der Waals surface area contributed by atoms with Crippen molar-refractivity contribution in [3.05, 3.63) is 35.9 Å². The summed E-state index contributed by atoms with van der Waals surface area (Å²) in [6, 6.07) is 10.3. The first-order valence-electron chi connectivity index (χ1n) is 8.81. The van der Waals surface area contributed by atoms with Gasteiger partial charge in [-0.2, -0.15) is 0 Å². The molecule has 0 aromatic heterocycles. The van der Waals surface area contributed by atoms with Crippen LogP contribution in [0, 0.1) is 0 Å². The van der Waals surface area contributed by atoms with Gasteiger partial charge in [-0.15, -0.1) is 0 Å². The lowest BCUT2D eigenvalue weighted by Crippen LogP contribution is -2.03. The molecule has 4 nitrogen and oxygen atoms in total. The average Bonchev–Trinajstić information content (AvgIpc) is 2.59. The Morgan fingerprint density at radius 3 is 1.61 bits per heavy atom. The molecule has 0 spiro atoms. The van der Waals surface area contributed by atoms with Crippen molar-refractivity contribution in [1.29, 1.82) is 0 Å². The number of aliphatic hydroxyl groups excluding tert-OH is 1. The van der Waals surface area contributed by atoms with Gasteiger partial charge in [0.1, 0.15) is 0 Å². The van der Waals surface area contributed by atoms with Crippen molar-refractivity contribution in [2.45, 2.75) is 45.1 Å². The van der Waals surface area contributed by atoms with Crippen molar-refractivity contribution in [1.82, 2.24) is 0 Å². The molecule has 132 valence electrons. The monoisotopic (exact) mass is 324 g/mol. The summed E-state index contributed by atoms with van der Waals surface area (Å²) in [6.45, 7) is 4.91. The normalized spacial score (nSPS) is 11.0. The largest absolute Gasteiger partial charge is 0.396 e. The van der Waals surface area contributed by atoms with Gasteiger partial charge in [0.2, 0.25) is 0 Å². The average molecular weight is 324 g/mol. The van der Waals surface area contributed by atoms with E-state index in [0.717, 1.165) is 71.6 Å². The second-order valence-electron chi connectivity index (χ2n) is 5.61. The van der Waals surface area contributed by atoms with Crippen LogP contribution in [0.3, 0.4) is 0 Å². The highest BCUT2D eigenvalue weighted by molar-refractivity contribution is 5.13. The van der Waals surface area contributed by atoms with E-state index in [-0.39, 0.29) is 6.61 Å². The Morgan fingerprint density at radius 1 is 0.609 bits per heavy atom. The minimum Gasteiger partial charge on any atom is -0.396 e. The van der Waals surface area contributed by atoms with Crippen molar-refractivity contribution < 1.29 is 19.3 Å². The van der Waals surface area contributed by atoms with Crippen molar-refractivity contribution >= 4 is 0 Å². The molecule has 0 aliphatic rings. The number of hydrogen-bond acceptors (Lipinski definition) is 4. The fourth-order valence-electron chi connectivity index (χ4n) is 2.10. The van der Waals surface area contributed by atoms with Crippen LogP contribution in [-0.4, -0.2) is 44.7 Å². The van der Waals surface area contributed by atoms with E-state index < -0.39 is 0 Å². The number of hydrogen-bond donors (Lipinski definition) is 1. The summed E-state index contributed by atoms with van der Waals surface area (Å²) in [7, 11) is 0. The molecule has 1 aromatic carbocycles. The number of rotatable bonds is 16. The molecule has 0 aliphatic carbocycles. The highest BCUT2D eigenvalue weighted by atomic mass is 16.5. The molecule has 1 aromatic rings. The maximum atomic E-state index is 8.63. The topological polar surface area (TPSA) is 47.9 Å². The molecule has 0 saturated carbocycles. The molecule has 0 radical (unpaired) electrons. The van der Waals surface area contributed by atoms with Crippen LogP contribution in [0.25, 0.3) is 0 Å². The molecule has 0 fully saturated rings. The Labute approximate surface area is 140 Å². The smallest absolute Gasteiger partial charge is 0.0716 e. The third-order valence-corrected chi connectivity index (χ3v) is 3.46. The summed E-state index contributed by atoms with van der Waals surface area (Å²) in [5.41, 5.74) is 1.22. The van der Waals surface area contributed by atoms with Gasteiger partial charge in [-0.05, 0) is 44.1 Å². The van der Waals surface area contributed by atoms with Crippen LogP contribution in [0.5, 0.6) is 0 Å². The van der Waals surface area contributed by atoms with E-state index in [1.807, 2.05) is 18.2 Å². The van der Waals surface area contributed by atoms with Gasteiger partial charge in [0.05, 0.1) is 6.61 Å². The van der Waals surface area contributed by atoms with Crippen LogP contribution in [0.1, 0.15) is 44.1 Å². The van der Waals surface area contributed by atoms with Gasteiger partial charge in [0, 0.05) is 39.6 Å². The van der Waals surface area contributed by atoms with Crippen LogP contribution < -0.4 is 0 Å². The zero-order chi connectivity index (χ0) is 16.4. The maximum absolute atomic E-state index is 8.63. The van der Waals surface area contributed by atoms with Crippen molar-refractivity contribution in [3.8, 4) is 0 Å². The zero-order valence-corrected chi connectivity index (χ0v) is 14.3. The molecule has 0 saturated heterocycles. The highest BCUT2D eigenvalue weighted by Crippen LogP contribution is 2.02. The van der Waals surface area contributed by atoms with E-state index in [4.69, 9.17) is 19.3 Å². The first kappa shape index (κ1) is 20.1. The SMILES string of the molecule is OCCCCOCCCCOCCCCOCc1ccccc1. The van der Waals surface area contributed by atoms with Gasteiger partial charge in [-0.1, -0.05) is 30.3 Å². The second kappa shape index (κ2) is 15.9. The quantitative estimate of drug-likeness (QED) is 0.472. The summed E-state index contributed by atoms with van der Waals surface area (Å²) in [6.07, 6.45) is 5.95. The van der Waals surface area contributed by atoms with Gasteiger partial charge in [-0.3, -0.25) is 0 Å². The first-order valence-corrected chi connectivity index (χ1v) is 8.81. The molecule has 4 heteroatoms. The highest BCUT2D eigenvalue weighted by Gasteiger charge is 1.94. The number of benzene rings is 1. The van der Waals surface area contributed by atoms with Crippen LogP contribution in [0.4, 0.5) is 0 Å². The van der Waals surface area contributed by atoms with E-state index in [9.17, 15) is 0 Å². The number of unbranched alkanes of at least 4 members (excludes halogenated alkanes) is 3. The van der Waals surface area contributed by atoms with Gasteiger partial charge in [-0.25, -0.2) is 0 Å². The summed E-state index contributed by atoms with van der Waals surface area (Å²) >= 11 is 0. The van der Waals surface area contributed by atoms with E-state index >= 15 is 0 Å². The van der Waals surface area contributed by atoms with Crippen LogP contribution in [0.15, 0.2) is 30.3 Å². The number of ether oxygens (including phenoxy) is 3. The van der Waals surface area contributed by atoms with E-state index in [0.29, 0.717) is 6.61 Å². The lowest BCUT2D eigenvalue weighted by atomic mass is 10.2. The fraction of sp³-hybridized carbons (Fsp3) is 0.684. The molecule has 0 unspecified atom stereocenters. The lowest BCUT2D eigenvalue weighted by Gasteiger charge is -2.06. The summed E-state index contributed by atoms with van der Waals surface area (Å²) in [5.74, 6) is 0.